The Morgan fingerprint density at radius 2 is 1.89 bits per heavy atom. The van der Waals surface area contributed by atoms with Gasteiger partial charge in [-0.05, 0) is 42.5 Å². The molecule has 3 rings (SSSR count). The van der Waals surface area contributed by atoms with Crippen LogP contribution in [0.4, 0.5) is 11.4 Å². The van der Waals surface area contributed by atoms with Gasteiger partial charge in [-0.25, -0.2) is 0 Å². The highest BCUT2D eigenvalue weighted by atomic mass is 35.5. The highest BCUT2D eigenvalue weighted by Gasteiger charge is 2.18. The van der Waals surface area contributed by atoms with Crippen molar-refractivity contribution >= 4 is 28.9 Å². The van der Waals surface area contributed by atoms with Gasteiger partial charge in [0.15, 0.2) is 0 Å². The molecule has 0 saturated carbocycles. The molecule has 1 amide bonds. The van der Waals surface area contributed by atoms with E-state index >= 15 is 0 Å². The van der Waals surface area contributed by atoms with Gasteiger partial charge in [0.05, 0.1) is 17.7 Å². The van der Waals surface area contributed by atoms with E-state index in [0.29, 0.717) is 29.2 Å². The van der Waals surface area contributed by atoms with Gasteiger partial charge in [-0.1, -0.05) is 11.6 Å². The number of halogens is 1. The zero-order valence-electron chi connectivity index (χ0n) is 15.8. The Labute approximate surface area is 170 Å². The second kappa shape index (κ2) is 9.45. The highest BCUT2D eigenvalue weighted by molar-refractivity contribution is 6.32. The predicted octanol–water partition coefficient (Wildman–Crippen LogP) is 3.37. The van der Waals surface area contributed by atoms with Crippen LogP contribution in [0.15, 0.2) is 42.5 Å². The van der Waals surface area contributed by atoms with Gasteiger partial charge in [0.2, 0.25) is 5.91 Å². The van der Waals surface area contributed by atoms with E-state index < -0.39 is 0 Å². The number of carbonyl (C=O) groups excluding carboxylic acids is 1. The largest absolute Gasteiger partial charge is 0.497 e. The van der Waals surface area contributed by atoms with E-state index in [9.17, 15) is 4.79 Å². The average Bonchev–Trinajstić information content (AvgIpc) is 2.73. The lowest BCUT2D eigenvalue weighted by Gasteiger charge is -2.36. The zero-order chi connectivity index (χ0) is 19.9. The number of anilines is 2. The summed E-state index contributed by atoms with van der Waals surface area (Å²) in [5.74, 6) is 0.801. The molecule has 1 aliphatic heterocycles. The molecule has 7 heteroatoms. The molecule has 1 N–H and O–H groups in total. The number of benzene rings is 2. The lowest BCUT2D eigenvalue weighted by Crippen LogP contribution is -2.47. The Balaban J connectivity index is 1.43. The van der Waals surface area contributed by atoms with Crippen LogP contribution in [0.1, 0.15) is 12.0 Å². The third-order valence-electron chi connectivity index (χ3n) is 4.84. The number of piperazine rings is 1. The van der Waals surface area contributed by atoms with Crippen molar-refractivity contribution in [2.75, 3.05) is 50.1 Å². The summed E-state index contributed by atoms with van der Waals surface area (Å²) in [6, 6.07) is 15.0. The molecular formula is C21H23ClN4O2. The molecule has 28 heavy (non-hydrogen) atoms. The number of carbonyl (C=O) groups is 1. The fourth-order valence-corrected chi connectivity index (χ4v) is 3.41. The minimum atomic E-state index is -0.0571. The van der Waals surface area contributed by atoms with E-state index in [1.54, 1.807) is 25.3 Å². The third kappa shape index (κ3) is 5.16. The molecule has 0 spiro atoms. The van der Waals surface area contributed by atoms with Crippen molar-refractivity contribution in [2.45, 2.75) is 6.42 Å². The SMILES string of the molecule is COc1ccc(N2CCN(CCC(=O)Nc3ccc(C#N)c(Cl)c3)CC2)cc1. The molecule has 2 aromatic rings. The van der Waals surface area contributed by atoms with Crippen LogP contribution in [-0.4, -0.2) is 50.6 Å². The predicted molar refractivity (Wildman–Crippen MR) is 111 cm³/mol. The van der Waals surface area contributed by atoms with Crippen LogP contribution >= 0.6 is 11.6 Å². The van der Waals surface area contributed by atoms with Crippen LogP contribution in [0.25, 0.3) is 0 Å². The molecule has 0 radical (unpaired) electrons. The first-order valence-electron chi connectivity index (χ1n) is 9.20. The summed E-state index contributed by atoms with van der Waals surface area (Å²) in [5.41, 5.74) is 2.20. The molecule has 146 valence electrons. The Hall–Kier alpha value is -2.75. The number of nitriles is 1. The molecule has 0 aliphatic carbocycles. The van der Waals surface area contributed by atoms with Crippen molar-refractivity contribution in [1.82, 2.24) is 4.90 Å². The number of hydrogen-bond donors (Lipinski definition) is 1. The van der Waals surface area contributed by atoms with Gasteiger partial charge in [-0.15, -0.1) is 0 Å². The molecule has 2 aromatic carbocycles. The monoisotopic (exact) mass is 398 g/mol. The van der Waals surface area contributed by atoms with Crippen molar-refractivity contribution < 1.29 is 9.53 Å². The van der Waals surface area contributed by atoms with Crippen molar-refractivity contribution in [3.05, 3.63) is 53.1 Å². The third-order valence-corrected chi connectivity index (χ3v) is 5.15. The first kappa shape index (κ1) is 20.0. The van der Waals surface area contributed by atoms with E-state index in [-0.39, 0.29) is 5.91 Å². The Morgan fingerprint density at radius 1 is 1.18 bits per heavy atom. The number of methoxy groups -OCH3 is 1. The van der Waals surface area contributed by atoms with E-state index in [0.717, 1.165) is 31.9 Å². The molecule has 0 atom stereocenters. The van der Waals surface area contributed by atoms with Gasteiger partial charge in [-0.3, -0.25) is 9.69 Å². The summed E-state index contributed by atoms with van der Waals surface area (Å²) >= 11 is 6.00. The standard InChI is InChI=1S/C21H23ClN4O2/c1-28-19-6-4-18(5-7-19)26-12-10-25(11-13-26)9-8-21(27)24-17-3-2-16(15-23)20(22)14-17/h2-7,14H,8-13H2,1H3,(H,24,27). The maximum absolute atomic E-state index is 12.2. The molecule has 1 fully saturated rings. The van der Waals surface area contributed by atoms with Gasteiger partial charge in [0.1, 0.15) is 11.8 Å². The van der Waals surface area contributed by atoms with Crippen molar-refractivity contribution in [3.8, 4) is 11.8 Å². The average molecular weight is 399 g/mol. The Kier molecular flexibility index (Phi) is 6.75. The maximum Gasteiger partial charge on any atom is 0.225 e. The van der Waals surface area contributed by atoms with Gasteiger partial charge in [-0.2, -0.15) is 5.26 Å². The Morgan fingerprint density at radius 3 is 2.50 bits per heavy atom. The normalized spacial score (nSPS) is 14.4. The molecule has 1 aliphatic rings. The number of hydrogen-bond acceptors (Lipinski definition) is 5. The molecule has 1 heterocycles. The van der Waals surface area contributed by atoms with Crippen LogP contribution in [0, 0.1) is 11.3 Å². The number of amides is 1. The minimum absolute atomic E-state index is 0.0571. The summed E-state index contributed by atoms with van der Waals surface area (Å²) in [7, 11) is 1.67. The van der Waals surface area contributed by atoms with Gasteiger partial charge in [0, 0.05) is 50.5 Å². The van der Waals surface area contributed by atoms with Crippen LogP contribution in [0.3, 0.4) is 0 Å². The Bertz CT molecular complexity index is 856. The summed E-state index contributed by atoms with van der Waals surface area (Å²) in [4.78, 5) is 16.8. The van der Waals surface area contributed by atoms with Gasteiger partial charge >= 0.3 is 0 Å². The number of nitrogens with zero attached hydrogens (tertiary/aromatic N) is 3. The van der Waals surface area contributed by atoms with Gasteiger partial charge < -0.3 is 15.0 Å². The molecular weight excluding hydrogens is 376 g/mol. The fourth-order valence-electron chi connectivity index (χ4n) is 3.19. The topological polar surface area (TPSA) is 68.6 Å². The lowest BCUT2D eigenvalue weighted by atomic mass is 10.2. The van der Waals surface area contributed by atoms with Crippen molar-refractivity contribution in [1.29, 1.82) is 5.26 Å². The van der Waals surface area contributed by atoms with E-state index in [1.807, 2.05) is 18.2 Å². The molecule has 1 saturated heterocycles. The summed E-state index contributed by atoms with van der Waals surface area (Å²) in [5, 5.41) is 12.1. The van der Waals surface area contributed by atoms with E-state index in [1.165, 1.54) is 5.69 Å². The summed E-state index contributed by atoms with van der Waals surface area (Å²) < 4.78 is 5.20. The van der Waals surface area contributed by atoms with Crippen molar-refractivity contribution in [2.24, 2.45) is 0 Å². The van der Waals surface area contributed by atoms with Crippen LogP contribution in [0.5, 0.6) is 5.75 Å². The molecule has 0 aromatic heterocycles. The quantitative estimate of drug-likeness (QED) is 0.807. The highest BCUT2D eigenvalue weighted by Crippen LogP contribution is 2.21. The van der Waals surface area contributed by atoms with Crippen LogP contribution in [-0.2, 0) is 4.79 Å². The smallest absolute Gasteiger partial charge is 0.225 e. The van der Waals surface area contributed by atoms with Crippen molar-refractivity contribution in [3.63, 3.8) is 0 Å². The van der Waals surface area contributed by atoms with Crippen LogP contribution < -0.4 is 15.0 Å². The van der Waals surface area contributed by atoms with E-state index in [4.69, 9.17) is 21.6 Å². The second-order valence-corrected chi connectivity index (χ2v) is 7.04. The zero-order valence-corrected chi connectivity index (χ0v) is 16.6. The molecule has 0 bridgehead atoms. The minimum Gasteiger partial charge on any atom is -0.497 e. The number of ether oxygens (including phenoxy) is 1. The fraction of sp³-hybridized carbons (Fsp3) is 0.333. The first-order chi connectivity index (χ1) is 13.6. The van der Waals surface area contributed by atoms with E-state index in [2.05, 4.69) is 27.2 Å². The molecule has 6 nitrogen and oxygen atoms in total. The summed E-state index contributed by atoms with van der Waals surface area (Å²) in [6.07, 6.45) is 0.417. The second-order valence-electron chi connectivity index (χ2n) is 6.63. The number of nitrogens with one attached hydrogen (secondary N) is 1. The summed E-state index contributed by atoms with van der Waals surface area (Å²) in [6.45, 7) is 4.41. The van der Waals surface area contributed by atoms with Crippen LogP contribution in [0.2, 0.25) is 5.02 Å². The lowest BCUT2D eigenvalue weighted by molar-refractivity contribution is -0.116. The first-order valence-corrected chi connectivity index (χ1v) is 9.57. The number of rotatable bonds is 6. The maximum atomic E-state index is 12.2. The molecule has 0 unspecified atom stereocenters. The van der Waals surface area contributed by atoms with Gasteiger partial charge in [0.25, 0.3) is 0 Å².